The van der Waals surface area contributed by atoms with Crippen LogP contribution in [0.1, 0.15) is 59.3 Å². The third-order valence-electron chi connectivity index (χ3n) is 4.00. The minimum Gasteiger partial charge on any atom is -0.480 e. The summed E-state index contributed by atoms with van der Waals surface area (Å²) in [5.74, 6) is -1.59. The van der Waals surface area contributed by atoms with E-state index in [9.17, 15) is 9.59 Å². The van der Waals surface area contributed by atoms with E-state index in [1.165, 1.54) is 19.3 Å². The molecule has 1 aliphatic rings. The molecule has 1 aliphatic carbocycles. The lowest BCUT2D eigenvalue weighted by Gasteiger charge is -2.24. The van der Waals surface area contributed by atoms with Crippen LogP contribution in [-0.2, 0) is 9.59 Å². The van der Waals surface area contributed by atoms with E-state index in [0.717, 1.165) is 19.3 Å². The molecule has 1 fully saturated rings. The first-order valence-corrected chi connectivity index (χ1v) is 7.76. The normalized spacial score (nSPS) is 19.8. The Hall–Kier alpha value is -1.14. The first-order chi connectivity index (χ1) is 9.79. The molecule has 0 saturated heterocycles. The molecule has 3 atom stereocenters. The fraction of sp³-hybridized carbons (Fsp3) is 0.867. The van der Waals surface area contributed by atoms with Crippen molar-refractivity contribution in [3.63, 3.8) is 0 Å². The lowest BCUT2D eigenvalue weighted by Crippen LogP contribution is -2.42. The summed E-state index contributed by atoms with van der Waals surface area (Å²) in [4.78, 5) is 20.7. The van der Waals surface area contributed by atoms with E-state index in [4.69, 9.17) is 15.9 Å². The number of hydrogen-bond acceptors (Lipinski definition) is 4. The molecule has 1 saturated carbocycles. The summed E-state index contributed by atoms with van der Waals surface area (Å²) < 4.78 is 0. The van der Waals surface area contributed by atoms with Crippen LogP contribution < -0.4 is 11.1 Å². The highest BCUT2D eigenvalue weighted by Crippen LogP contribution is 2.17. The topological polar surface area (TPSA) is 113 Å². The minimum absolute atomic E-state index is 0.0718. The van der Waals surface area contributed by atoms with Crippen molar-refractivity contribution in [1.82, 2.24) is 5.32 Å². The fourth-order valence-electron chi connectivity index (χ4n) is 2.19. The molecule has 0 unspecified atom stereocenters. The van der Waals surface area contributed by atoms with Crippen LogP contribution >= 0.6 is 0 Å². The maximum Gasteiger partial charge on any atom is 0.320 e. The van der Waals surface area contributed by atoms with Crippen molar-refractivity contribution >= 4 is 11.9 Å². The van der Waals surface area contributed by atoms with Crippen LogP contribution in [0.2, 0.25) is 0 Å². The second-order valence-electron chi connectivity index (χ2n) is 5.81. The van der Waals surface area contributed by atoms with E-state index in [-0.39, 0.29) is 5.92 Å². The zero-order valence-electron chi connectivity index (χ0n) is 13.3. The molecule has 0 amide bonds. The van der Waals surface area contributed by atoms with Gasteiger partial charge in [0.15, 0.2) is 0 Å². The van der Waals surface area contributed by atoms with Crippen LogP contribution in [-0.4, -0.2) is 40.3 Å². The lowest BCUT2D eigenvalue weighted by molar-refractivity contribution is -0.140. The average molecular weight is 302 g/mol. The highest BCUT2D eigenvalue weighted by Gasteiger charge is 2.18. The molecular formula is C15H30N2O4. The van der Waals surface area contributed by atoms with Crippen molar-refractivity contribution in [1.29, 1.82) is 0 Å². The molecule has 0 bridgehead atoms. The first-order valence-electron chi connectivity index (χ1n) is 7.76. The molecule has 5 N–H and O–H groups in total. The number of nitrogens with two attached hydrogens (primary N) is 1. The minimum atomic E-state index is -0.913. The molecule has 21 heavy (non-hydrogen) atoms. The van der Waals surface area contributed by atoms with Gasteiger partial charge in [-0.05, 0) is 25.7 Å². The summed E-state index contributed by atoms with van der Waals surface area (Å²) in [5.41, 5.74) is 5.27. The van der Waals surface area contributed by atoms with Crippen molar-refractivity contribution in [3.8, 4) is 0 Å². The number of hydrogen-bond donors (Lipinski definition) is 4. The summed E-state index contributed by atoms with van der Waals surface area (Å²) in [6, 6.07) is -0.659. The van der Waals surface area contributed by atoms with Gasteiger partial charge in [-0.25, -0.2) is 0 Å². The number of aliphatic carboxylic acids is 2. The molecule has 0 aromatic rings. The Labute approximate surface area is 127 Å². The van der Waals surface area contributed by atoms with E-state index in [0.29, 0.717) is 6.04 Å². The van der Waals surface area contributed by atoms with Crippen LogP contribution in [0.15, 0.2) is 0 Å². The van der Waals surface area contributed by atoms with Gasteiger partial charge < -0.3 is 21.3 Å². The van der Waals surface area contributed by atoms with Crippen LogP contribution in [0, 0.1) is 5.92 Å². The number of carboxylic acid groups (broad SMARTS) is 2. The molecule has 124 valence electrons. The zero-order chi connectivity index (χ0) is 16.4. The Balaban J connectivity index is 0.000000400. The highest BCUT2D eigenvalue weighted by atomic mass is 16.4. The molecule has 0 aromatic heterocycles. The van der Waals surface area contributed by atoms with E-state index in [1.54, 1.807) is 6.92 Å². The van der Waals surface area contributed by atoms with Gasteiger partial charge in [0, 0.05) is 6.04 Å². The summed E-state index contributed by atoms with van der Waals surface area (Å²) in [6.45, 7) is 5.46. The van der Waals surface area contributed by atoms with E-state index < -0.39 is 24.0 Å². The summed E-state index contributed by atoms with van der Waals surface area (Å²) in [6.07, 6.45) is 6.87. The van der Waals surface area contributed by atoms with Crippen LogP contribution in [0.5, 0.6) is 0 Å². The maximum absolute atomic E-state index is 10.5. The summed E-state index contributed by atoms with van der Waals surface area (Å²) >= 11 is 0. The van der Waals surface area contributed by atoms with Gasteiger partial charge in [-0.15, -0.1) is 0 Å². The Morgan fingerprint density at radius 1 is 1.14 bits per heavy atom. The van der Waals surface area contributed by atoms with E-state index in [2.05, 4.69) is 5.32 Å². The summed E-state index contributed by atoms with van der Waals surface area (Å²) in [5, 5.41) is 20.1. The predicted molar refractivity (Wildman–Crippen MR) is 82.2 cm³/mol. The van der Waals surface area contributed by atoms with Gasteiger partial charge in [-0.2, -0.15) is 0 Å². The maximum atomic E-state index is 10.5. The smallest absolute Gasteiger partial charge is 0.320 e. The summed E-state index contributed by atoms with van der Waals surface area (Å²) in [7, 11) is 0. The van der Waals surface area contributed by atoms with E-state index in [1.807, 2.05) is 13.8 Å². The lowest BCUT2D eigenvalue weighted by atomic mass is 9.95. The standard InChI is InChI=1S/C9H17NO2.C6H13NO2/c1-7(9(11)12)10-8-5-3-2-4-6-8;1-3-4(2)5(7)6(8)9/h7-8,10H,2-6H2,1H3,(H,11,12);4-5H,3,7H2,1-2H3,(H,8,9)/t7-;4-,5-/m00/s1. The van der Waals surface area contributed by atoms with Crippen LogP contribution in [0.4, 0.5) is 0 Å². The largest absolute Gasteiger partial charge is 0.480 e. The molecule has 0 spiro atoms. The van der Waals surface area contributed by atoms with Gasteiger partial charge >= 0.3 is 11.9 Å². The van der Waals surface area contributed by atoms with Crippen molar-refractivity contribution < 1.29 is 19.8 Å². The van der Waals surface area contributed by atoms with Crippen molar-refractivity contribution in [2.45, 2.75) is 77.4 Å². The van der Waals surface area contributed by atoms with Crippen molar-refractivity contribution in [2.75, 3.05) is 0 Å². The molecule has 0 heterocycles. The van der Waals surface area contributed by atoms with Crippen LogP contribution in [0.3, 0.4) is 0 Å². The Morgan fingerprint density at radius 3 is 2.00 bits per heavy atom. The van der Waals surface area contributed by atoms with E-state index >= 15 is 0 Å². The van der Waals surface area contributed by atoms with Crippen LogP contribution in [0.25, 0.3) is 0 Å². The average Bonchev–Trinajstić information content (AvgIpc) is 2.47. The second kappa shape index (κ2) is 10.6. The first kappa shape index (κ1) is 19.9. The van der Waals surface area contributed by atoms with Gasteiger partial charge in [0.1, 0.15) is 12.1 Å². The third kappa shape index (κ3) is 8.67. The van der Waals surface area contributed by atoms with Gasteiger partial charge in [0.05, 0.1) is 0 Å². The quantitative estimate of drug-likeness (QED) is 0.595. The third-order valence-corrected chi connectivity index (χ3v) is 4.00. The molecule has 0 aliphatic heterocycles. The predicted octanol–water partition coefficient (Wildman–Crippen LogP) is 1.83. The molecule has 6 nitrogen and oxygen atoms in total. The SMILES string of the molecule is CC[C@H](C)[C@H](N)C(=O)O.C[C@H](NC1CCCCC1)C(=O)O. The Bertz CT molecular complexity index is 317. The molecule has 1 rings (SSSR count). The number of nitrogens with one attached hydrogen (secondary N) is 1. The number of carbonyl (C=O) groups is 2. The van der Waals surface area contributed by atoms with Gasteiger partial charge in [0.25, 0.3) is 0 Å². The Morgan fingerprint density at radius 2 is 1.67 bits per heavy atom. The van der Waals surface area contributed by atoms with Crippen molar-refractivity contribution in [3.05, 3.63) is 0 Å². The molecule has 0 aromatic carbocycles. The molecule has 0 radical (unpaired) electrons. The highest BCUT2D eigenvalue weighted by molar-refractivity contribution is 5.73. The molecule has 6 heteroatoms. The number of rotatable bonds is 6. The molecular weight excluding hydrogens is 272 g/mol. The zero-order valence-corrected chi connectivity index (χ0v) is 13.3. The number of carboxylic acids is 2. The fourth-order valence-corrected chi connectivity index (χ4v) is 2.19. The Kier molecular flexibility index (Phi) is 9.99. The van der Waals surface area contributed by atoms with Gasteiger partial charge in [-0.3, -0.25) is 9.59 Å². The van der Waals surface area contributed by atoms with Gasteiger partial charge in [0.2, 0.25) is 0 Å². The monoisotopic (exact) mass is 302 g/mol. The van der Waals surface area contributed by atoms with Crippen molar-refractivity contribution in [2.24, 2.45) is 11.7 Å². The van der Waals surface area contributed by atoms with Gasteiger partial charge in [-0.1, -0.05) is 39.5 Å². The second-order valence-corrected chi connectivity index (χ2v) is 5.81.